The average Bonchev–Trinajstić information content (AvgIpc) is 3.07. The Balaban J connectivity index is 1.98. The minimum Gasteiger partial charge on any atom is -0.378 e. The molecule has 6 nitrogen and oxygen atoms in total. The number of nitrogens with zero attached hydrogens (tertiary/aromatic N) is 2. The largest absolute Gasteiger partial charge is 0.378 e. The SMILES string of the molecule is CCCC1(CNc2ccc([N+](=O)[O-])c(N)n2)CC1. The van der Waals surface area contributed by atoms with Crippen LogP contribution in [0, 0.1) is 15.5 Å². The number of hydrogen-bond acceptors (Lipinski definition) is 5. The Morgan fingerprint density at radius 2 is 2.28 bits per heavy atom. The Morgan fingerprint density at radius 3 is 2.78 bits per heavy atom. The maximum absolute atomic E-state index is 10.6. The van der Waals surface area contributed by atoms with Gasteiger partial charge in [0.1, 0.15) is 5.82 Å². The van der Waals surface area contributed by atoms with Crippen molar-refractivity contribution in [2.75, 3.05) is 17.6 Å². The maximum Gasteiger partial charge on any atom is 0.311 e. The van der Waals surface area contributed by atoms with Gasteiger partial charge in [-0.25, -0.2) is 4.98 Å². The van der Waals surface area contributed by atoms with Crippen LogP contribution in [0.25, 0.3) is 0 Å². The van der Waals surface area contributed by atoms with Crippen LogP contribution in [0.3, 0.4) is 0 Å². The lowest BCUT2D eigenvalue weighted by atomic mass is 10.0. The second-order valence-corrected chi connectivity index (χ2v) is 4.96. The lowest BCUT2D eigenvalue weighted by Crippen LogP contribution is -2.16. The predicted octanol–water partition coefficient (Wildman–Crippen LogP) is 2.56. The van der Waals surface area contributed by atoms with E-state index in [1.807, 2.05) is 0 Å². The lowest BCUT2D eigenvalue weighted by molar-refractivity contribution is -0.384. The molecular weight excluding hydrogens is 232 g/mol. The first-order chi connectivity index (χ1) is 8.56. The normalized spacial score (nSPS) is 16.3. The van der Waals surface area contributed by atoms with E-state index in [0.29, 0.717) is 11.2 Å². The predicted molar refractivity (Wildman–Crippen MR) is 70.4 cm³/mol. The van der Waals surface area contributed by atoms with Gasteiger partial charge in [0, 0.05) is 12.6 Å². The minimum atomic E-state index is -0.522. The molecule has 0 saturated heterocycles. The van der Waals surface area contributed by atoms with Crippen molar-refractivity contribution in [2.24, 2.45) is 5.41 Å². The lowest BCUT2D eigenvalue weighted by Gasteiger charge is -2.15. The molecule has 0 atom stereocenters. The van der Waals surface area contributed by atoms with Crippen LogP contribution in [0.4, 0.5) is 17.3 Å². The first-order valence-electron chi connectivity index (χ1n) is 6.21. The van der Waals surface area contributed by atoms with Crippen LogP contribution < -0.4 is 11.1 Å². The van der Waals surface area contributed by atoms with Crippen LogP contribution in [-0.4, -0.2) is 16.5 Å². The van der Waals surface area contributed by atoms with Crippen molar-refractivity contribution in [1.29, 1.82) is 0 Å². The number of nitrogen functional groups attached to an aromatic ring is 1. The topological polar surface area (TPSA) is 94.1 Å². The van der Waals surface area contributed by atoms with Gasteiger partial charge >= 0.3 is 5.69 Å². The molecule has 1 aromatic heterocycles. The van der Waals surface area contributed by atoms with Crippen molar-refractivity contribution in [2.45, 2.75) is 32.6 Å². The molecule has 1 aliphatic rings. The molecule has 0 spiro atoms. The highest BCUT2D eigenvalue weighted by Crippen LogP contribution is 2.49. The molecule has 1 fully saturated rings. The zero-order valence-electron chi connectivity index (χ0n) is 10.5. The Hall–Kier alpha value is -1.85. The Labute approximate surface area is 106 Å². The molecule has 0 aliphatic heterocycles. The molecule has 98 valence electrons. The molecule has 0 unspecified atom stereocenters. The minimum absolute atomic E-state index is 0.0367. The zero-order chi connectivity index (χ0) is 13.2. The quantitative estimate of drug-likeness (QED) is 0.597. The average molecular weight is 250 g/mol. The summed E-state index contributed by atoms with van der Waals surface area (Å²) in [6, 6.07) is 3.00. The van der Waals surface area contributed by atoms with Crippen molar-refractivity contribution in [1.82, 2.24) is 4.98 Å². The molecular formula is C12H18N4O2. The number of hydrogen-bond donors (Lipinski definition) is 2. The van der Waals surface area contributed by atoms with E-state index in [9.17, 15) is 10.1 Å². The van der Waals surface area contributed by atoms with E-state index in [4.69, 9.17) is 5.73 Å². The van der Waals surface area contributed by atoms with Crippen molar-refractivity contribution >= 4 is 17.3 Å². The standard InChI is InChI=1S/C12H18N4O2/c1-2-5-12(6-7-12)8-14-10-4-3-9(16(17)18)11(13)15-10/h3-4H,2,5-8H2,1H3,(H3,13,14,15). The molecule has 0 aromatic carbocycles. The molecule has 3 N–H and O–H groups in total. The van der Waals surface area contributed by atoms with Gasteiger partial charge < -0.3 is 11.1 Å². The summed E-state index contributed by atoms with van der Waals surface area (Å²) in [4.78, 5) is 14.1. The first kappa shape index (κ1) is 12.6. The van der Waals surface area contributed by atoms with Crippen molar-refractivity contribution in [3.8, 4) is 0 Å². The Kier molecular flexibility index (Phi) is 3.36. The van der Waals surface area contributed by atoms with E-state index in [1.54, 1.807) is 6.07 Å². The van der Waals surface area contributed by atoms with Crippen molar-refractivity contribution in [3.63, 3.8) is 0 Å². The summed E-state index contributed by atoms with van der Waals surface area (Å²) in [5, 5.41) is 13.8. The van der Waals surface area contributed by atoms with Gasteiger partial charge in [-0.05, 0) is 30.7 Å². The van der Waals surface area contributed by atoms with Crippen LogP contribution in [0.15, 0.2) is 12.1 Å². The third-order valence-electron chi connectivity index (χ3n) is 3.48. The fourth-order valence-corrected chi connectivity index (χ4v) is 2.22. The molecule has 1 aromatic rings. The monoisotopic (exact) mass is 250 g/mol. The number of rotatable bonds is 6. The molecule has 6 heteroatoms. The third kappa shape index (κ3) is 2.69. The summed E-state index contributed by atoms with van der Waals surface area (Å²) in [5.74, 6) is 0.575. The molecule has 0 radical (unpaired) electrons. The van der Waals surface area contributed by atoms with Crippen LogP contribution in [0.1, 0.15) is 32.6 Å². The van der Waals surface area contributed by atoms with E-state index < -0.39 is 4.92 Å². The number of nitrogens with one attached hydrogen (secondary N) is 1. The van der Waals surface area contributed by atoms with Crippen LogP contribution in [0.5, 0.6) is 0 Å². The number of pyridine rings is 1. The number of nitrogens with two attached hydrogens (primary N) is 1. The maximum atomic E-state index is 10.6. The van der Waals surface area contributed by atoms with Gasteiger partial charge in [0.2, 0.25) is 5.82 Å². The molecule has 2 rings (SSSR count). The molecule has 1 saturated carbocycles. The summed E-state index contributed by atoms with van der Waals surface area (Å²) in [5.41, 5.74) is 5.81. The fraction of sp³-hybridized carbons (Fsp3) is 0.583. The molecule has 1 heterocycles. The van der Waals surface area contributed by atoms with Gasteiger partial charge in [-0.1, -0.05) is 13.3 Å². The second-order valence-electron chi connectivity index (χ2n) is 4.96. The Morgan fingerprint density at radius 1 is 1.56 bits per heavy atom. The van der Waals surface area contributed by atoms with Gasteiger partial charge in [-0.3, -0.25) is 10.1 Å². The summed E-state index contributed by atoms with van der Waals surface area (Å²) < 4.78 is 0. The highest BCUT2D eigenvalue weighted by atomic mass is 16.6. The van der Waals surface area contributed by atoms with E-state index in [1.165, 1.54) is 31.7 Å². The van der Waals surface area contributed by atoms with Gasteiger partial charge in [-0.15, -0.1) is 0 Å². The van der Waals surface area contributed by atoms with Crippen molar-refractivity contribution in [3.05, 3.63) is 22.2 Å². The first-order valence-corrected chi connectivity index (χ1v) is 6.21. The highest BCUT2D eigenvalue weighted by Gasteiger charge is 2.41. The van der Waals surface area contributed by atoms with Crippen LogP contribution >= 0.6 is 0 Å². The van der Waals surface area contributed by atoms with Gasteiger partial charge in [0.05, 0.1) is 4.92 Å². The molecule has 1 aliphatic carbocycles. The van der Waals surface area contributed by atoms with Gasteiger partial charge in [-0.2, -0.15) is 0 Å². The number of anilines is 2. The smallest absolute Gasteiger partial charge is 0.311 e. The zero-order valence-corrected chi connectivity index (χ0v) is 10.5. The summed E-state index contributed by atoms with van der Waals surface area (Å²) >= 11 is 0. The van der Waals surface area contributed by atoms with E-state index in [0.717, 1.165) is 6.54 Å². The van der Waals surface area contributed by atoms with Gasteiger partial charge in [0.15, 0.2) is 0 Å². The molecule has 18 heavy (non-hydrogen) atoms. The molecule has 0 amide bonds. The molecule has 0 bridgehead atoms. The number of nitro groups is 1. The second kappa shape index (κ2) is 4.80. The summed E-state index contributed by atoms with van der Waals surface area (Å²) in [7, 11) is 0. The summed E-state index contributed by atoms with van der Waals surface area (Å²) in [6.07, 6.45) is 4.88. The van der Waals surface area contributed by atoms with Crippen molar-refractivity contribution < 1.29 is 4.92 Å². The van der Waals surface area contributed by atoms with E-state index in [2.05, 4.69) is 17.2 Å². The van der Waals surface area contributed by atoms with Crippen LogP contribution in [-0.2, 0) is 0 Å². The number of aromatic nitrogens is 1. The third-order valence-corrected chi connectivity index (χ3v) is 3.48. The van der Waals surface area contributed by atoms with E-state index >= 15 is 0 Å². The highest BCUT2D eigenvalue weighted by molar-refractivity contribution is 5.57. The van der Waals surface area contributed by atoms with Gasteiger partial charge in [0.25, 0.3) is 0 Å². The Bertz CT molecular complexity index is 457. The van der Waals surface area contributed by atoms with Crippen LogP contribution in [0.2, 0.25) is 0 Å². The fourth-order valence-electron chi connectivity index (χ4n) is 2.22. The summed E-state index contributed by atoms with van der Waals surface area (Å²) in [6.45, 7) is 3.05. The van der Waals surface area contributed by atoms with E-state index in [-0.39, 0.29) is 11.5 Å².